The van der Waals surface area contributed by atoms with Gasteiger partial charge in [-0.1, -0.05) is 0 Å². The maximum Gasteiger partial charge on any atom is 0.260 e. The van der Waals surface area contributed by atoms with Crippen molar-refractivity contribution in [2.45, 2.75) is 50.3 Å². The molecule has 1 atom stereocenters. The Morgan fingerprint density at radius 1 is 1.50 bits per heavy atom. The molecule has 0 amide bonds. The number of aliphatic hydroxyl groups excluding tert-OH is 1. The van der Waals surface area contributed by atoms with E-state index in [4.69, 9.17) is 4.74 Å². The molecule has 0 aromatic carbocycles. The monoisotopic (exact) mass is 303 g/mol. The normalized spacial score (nSPS) is 20.2. The van der Waals surface area contributed by atoms with Crippen molar-refractivity contribution >= 4 is 10.0 Å². The number of aliphatic hydroxyl groups is 1. The first kappa shape index (κ1) is 15.4. The van der Waals surface area contributed by atoms with E-state index in [1.165, 1.54) is 0 Å². The quantitative estimate of drug-likeness (QED) is 0.707. The minimum Gasteiger partial charge on any atom is -0.392 e. The summed E-state index contributed by atoms with van der Waals surface area (Å²) in [6, 6.07) is 0. The van der Waals surface area contributed by atoms with Crippen molar-refractivity contribution in [3.63, 3.8) is 0 Å². The first-order valence-electron chi connectivity index (χ1n) is 6.80. The highest BCUT2D eigenvalue weighted by Gasteiger charge is 2.23. The Kier molecular flexibility index (Phi) is 5.14. The molecule has 1 fully saturated rings. The Morgan fingerprint density at radius 3 is 2.95 bits per heavy atom. The number of nitrogens with one attached hydrogen (secondary N) is 2. The van der Waals surface area contributed by atoms with Gasteiger partial charge in [-0.3, -0.25) is 5.10 Å². The van der Waals surface area contributed by atoms with E-state index >= 15 is 0 Å². The van der Waals surface area contributed by atoms with Crippen molar-refractivity contribution in [2.75, 3.05) is 13.2 Å². The van der Waals surface area contributed by atoms with Gasteiger partial charge < -0.3 is 9.84 Å². The zero-order valence-electron chi connectivity index (χ0n) is 11.6. The Morgan fingerprint density at radius 2 is 2.30 bits per heavy atom. The van der Waals surface area contributed by atoms with Crippen molar-refractivity contribution in [1.29, 1.82) is 0 Å². The van der Waals surface area contributed by atoms with Gasteiger partial charge in [-0.05, 0) is 32.6 Å². The van der Waals surface area contributed by atoms with Crippen molar-refractivity contribution in [3.8, 4) is 0 Å². The van der Waals surface area contributed by atoms with E-state index in [0.717, 1.165) is 25.9 Å². The Bertz CT molecular complexity index is 535. The van der Waals surface area contributed by atoms with E-state index in [0.29, 0.717) is 24.2 Å². The summed E-state index contributed by atoms with van der Waals surface area (Å²) in [6.07, 6.45) is 3.96. The summed E-state index contributed by atoms with van der Waals surface area (Å²) in [5, 5.41) is 15.4. The number of H-pyrrole nitrogens is 1. The molecule has 2 rings (SSSR count). The number of aryl methyl sites for hydroxylation is 1. The lowest BCUT2D eigenvalue weighted by Gasteiger charge is -2.22. The van der Waals surface area contributed by atoms with Crippen molar-refractivity contribution in [2.24, 2.45) is 0 Å². The van der Waals surface area contributed by atoms with Crippen LogP contribution in [0.3, 0.4) is 0 Å². The van der Waals surface area contributed by atoms with Crippen LogP contribution in [0.15, 0.2) is 5.03 Å². The molecule has 1 aromatic rings. The molecular weight excluding hydrogens is 282 g/mol. The molecule has 114 valence electrons. The van der Waals surface area contributed by atoms with Gasteiger partial charge in [0.15, 0.2) is 5.03 Å². The first-order chi connectivity index (χ1) is 9.54. The number of hydrogen-bond acceptors (Lipinski definition) is 5. The van der Waals surface area contributed by atoms with E-state index in [1.54, 1.807) is 6.92 Å². The number of hydrogen-bond donors (Lipinski definition) is 3. The van der Waals surface area contributed by atoms with Crippen LogP contribution in [-0.4, -0.2) is 43.0 Å². The Balaban J connectivity index is 1.93. The summed E-state index contributed by atoms with van der Waals surface area (Å²) in [4.78, 5) is 0. The third kappa shape index (κ3) is 3.57. The van der Waals surface area contributed by atoms with Crippen LogP contribution in [0.25, 0.3) is 0 Å². The molecule has 0 aliphatic carbocycles. The molecule has 1 aliphatic heterocycles. The van der Waals surface area contributed by atoms with Crippen molar-refractivity contribution in [1.82, 2.24) is 14.9 Å². The molecular formula is C12H21N3O4S. The van der Waals surface area contributed by atoms with E-state index < -0.39 is 10.0 Å². The fourth-order valence-electron chi connectivity index (χ4n) is 2.30. The van der Waals surface area contributed by atoms with Crippen LogP contribution in [0.2, 0.25) is 0 Å². The predicted molar refractivity (Wildman–Crippen MR) is 72.6 cm³/mol. The maximum absolute atomic E-state index is 12.1. The van der Waals surface area contributed by atoms with Gasteiger partial charge >= 0.3 is 0 Å². The third-order valence-electron chi connectivity index (χ3n) is 3.48. The van der Waals surface area contributed by atoms with Crippen LogP contribution in [0.5, 0.6) is 0 Å². The van der Waals surface area contributed by atoms with Gasteiger partial charge in [0.25, 0.3) is 10.0 Å². The van der Waals surface area contributed by atoms with Crippen molar-refractivity contribution in [3.05, 3.63) is 11.3 Å². The van der Waals surface area contributed by atoms with Gasteiger partial charge in [-0.15, -0.1) is 0 Å². The molecule has 0 saturated carbocycles. The molecule has 1 saturated heterocycles. The highest BCUT2D eigenvalue weighted by Crippen LogP contribution is 2.17. The minimum atomic E-state index is -3.69. The number of ether oxygens (including phenoxy) is 1. The summed E-state index contributed by atoms with van der Waals surface area (Å²) in [5.74, 6) is 0. The molecule has 0 bridgehead atoms. The average molecular weight is 303 g/mol. The molecule has 20 heavy (non-hydrogen) atoms. The summed E-state index contributed by atoms with van der Waals surface area (Å²) < 4.78 is 32.3. The summed E-state index contributed by atoms with van der Waals surface area (Å²) in [7, 11) is -3.69. The lowest BCUT2D eigenvalue weighted by atomic mass is 10.1. The fraction of sp³-hybridized carbons (Fsp3) is 0.750. The molecule has 7 nitrogen and oxygen atoms in total. The first-order valence-corrected chi connectivity index (χ1v) is 8.29. The second-order valence-corrected chi connectivity index (χ2v) is 6.65. The van der Waals surface area contributed by atoms with E-state index in [2.05, 4.69) is 14.9 Å². The topological polar surface area (TPSA) is 104 Å². The Labute approximate surface area is 118 Å². The van der Waals surface area contributed by atoms with Crippen LogP contribution in [0.1, 0.15) is 36.9 Å². The molecule has 1 aliphatic rings. The minimum absolute atomic E-state index is 0.123. The van der Waals surface area contributed by atoms with E-state index in [9.17, 15) is 13.5 Å². The lowest BCUT2D eigenvalue weighted by molar-refractivity contribution is 0.0123. The van der Waals surface area contributed by atoms with Gasteiger partial charge in [0.05, 0.1) is 12.7 Å². The fourth-order valence-corrected chi connectivity index (χ4v) is 3.53. The van der Waals surface area contributed by atoms with E-state index in [1.807, 2.05) is 0 Å². The molecule has 1 unspecified atom stereocenters. The van der Waals surface area contributed by atoms with Crippen LogP contribution in [0, 0.1) is 6.92 Å². The number of rotatable bonds is 6. The zero-order chi connectivity index (χ0) is 14.6. The summed E-state index contributed by atoms with van der Waals surface area (Å²) >= 11 is 0. The second kappa shape index (κ2) is 6.66. The number of aromatic nitrogens is 2. The molecule has 1 aromatic heterocycles. The van der Waals surface area contributed by atoms with Crippen molar-refractivity contribution < 1.29 is 18.3 Å². The third-order valence-corrected chi connectivity index (χ3v) is 4.91. The van der Waals surface area contributed by atoms with Crippen LogP contribution >= 0.6 is 0 Å². The maximum atomic E-state index is 12.1. The van der Waals surface area contributed by atoms with Crippen LogP contribution < -0.4 is 4.72 Å². The standard InChI is InChI=1S/C12H21N3O4S/c1-9-11(8-16)12(15-14-9)20(17,18)13-6-5-10-4-2-3-7-19-10/h10,13,16H,2-8H2,1H3,(H,14,15). The summed E-state index contributed by atoms with van der Waals surface area (Å²) in [6.45, 7) is 2.38. The average Bonchev–Trinajstić information content (AvgIpc) is 2.81. The Hall–Kier alpha value is -0.960. The number of aromatic amines is 1. The van der Waals surface area contributed by atoms with Crippen LogP contribution in [0.4, 0.5) is 0 Å². The second-order valence-electron chi connectivity index (χ2n) is 4.97. The highest BCUT2D eigenvalue weighted by atomic mass is 32.2. The van der Waals surface area contributed by atoms with E-state index in [-0.39, 0.29) is 17.7 Å². The lowest BCUT2D eigenvalue weighted by Crippen LogP contribution is -2.30. The number of nitrogens with zero attached hydrogens (tertiary/aromatic N) is 1. The molecule has 0 spiro atoms. The largest absolute Gasteiger partial charge is 0.392 e. The number of sulfonamides is 1. The van der Waals surface area contributed by atoms with Crippen LogP contribution in [-0.2, 0) is 21.4 Å². The highest BCUT2D eigenvalue weighted by molar-refractivity contribution is 7.89. The molecule has 3 N–H and O–H groups in total. The molecule has 8 heteroatoms. The predicted octanol–water partition coefficient (Wildman–Crippen LogP) is 0.448. The molecule has 0 radical (unpaired) electrons. The zero-order valence-corrected chi connectivity index (χ0v) is 12.4. The van der Waals surface area contributed by atoms with Gasteiger partial charge in [0.1, 0.15) is 0 Å². The van der Waals surface area contributed by atoms with Gasteiger partial charge in [-0.25, -0.2) is 13.1 Å². The summed E-state index contributed by atoms with van der Waals surface area (Å²) in [5.41, 5.74) is 0.870. The van der Waals surface area contributed by atoms with Gasteiger partial charge in [0, 0.05) is 24.4 Å². The molecule has 2 heterocycles. The van der Waals surface area contributed by atoms with Gasteiger partial charge in [0.2, 0.25) is 0 Å². The van der Waals surface area contributed by atoms with Gasteiger partial charge in [-0.2, -0.15) is 5.10 Å². The SMILES string of the molecule is Cc1[nH]nc(S(=O)(=O)NCCC2CCCCO2)c1CO. The smallest absolute Gasteiger partial charge is 0.260 e.